The SMILES string of the molecule is c1ccc2c(c1)[nH]ssc1ccccc12. The highest BCUT2D eigenvalue weighted by atomic mass is 32.9. The monoisotopic (exact) mass is 231 g/mol. The summed E-state index contributed by atoms with van der Waals surface area (Å²) in [5.41, 5.74) is 1.19. The Morgan fingerprint density at radius 1 is 0.800 bits per heavy atom. The molecule has 1 aromatic heterocycles. The lowest BCUT2D eigenvalue weighted by molar-refractivity contribution is 1.65. The quantitative estimate of drug-likeness (QED) is 0.545. The zero-order chi connectivity index (χ0) is 10.1. The van der Waals surface area contributed by atoms with Crippen LogP contribution in [0.25, 0.3) is 21.0 Å². The molecule has 0 aliphatic heterocycles. The van der Waals surface area contributed by atoms with Gasteiger partial charge in [0.15, 0.2) is 0 Å². The van der Waals surface area contributed by atoms with Gasteiger partial charge in [-0.2, -0.15) is 0 Å². The molecule has 0 aliphatic carbocycles. The molecule has 3 aromatic rings. The van der Waals surface area contributed by atoms with Gasteiger partial charge in [-0.3, -0.25) is 0 Å². The molecule has 74 valence electrons. The van der Waals surface area contributed by atoms with E-state index in [4.69, 9.17) is 0 Å². The predicted octanol–water partition coefficient (Wildman–Crippen LogP) is 4.57. The van der Waals surface area contributed by atoms with Crippen LogP contribution >= 0.6 is 20.9 Å². The van der Waals surface area contributed by atoms with E-state index in [1.165, 1.54) is 21.0 Å². The zero-order valence-corrected chi connectivity index (χ0v) is 9.57. The second kappa shape index (κ2) is 3.68. The molecule has 0 atom stereocenters. The lowest BCUT2D eigenvalue weighted by Gasteiger charge is -1.94. The van der Waals surface area contributed by atoms with Crippen molar-refractivity contribution in [2.24, 2.45) is 0 Å². The van der Waals surface area contributed by atoms with Gasteiger partial charge in [-0.1, -0.05) is 46.7 Å². The smallest absolute Gasteiger partial charge is 0.0563 e. The highest BCUT2D eigenvalue weighted by Crippen LogP contribution is 2.26. The Morgan fingerprint density at radius 3 is 2.47 bits per heavy atom. The van der Waals surface area contributed by atoms with Gasteiger partial charge in [0.25, 0.3) is 0 Å². The molecule has 0 aliphatic rings. The van der Waals surface area contributed by atoms with Gasteiger partial charge in [-0.25, -0.2) is 0 Å². The summed E-state index contributed by atoms with van der Waals surface area (Å²) in [7, 11) is 3.44. The van der Waals surface area contributed by atoms with E-state index < -0.39 is 0 Å². The number of hydrogen-bond donors (Lipinski definition) is 1. The number of rotatable bonds is 0. The van der Waals surface area contributed by atoms with Crippen molar-refractivity contribution in [2.75, 3.05) is 0 Å². The van der Waals surface area contributed by atoms with Crippen molar-refractivity contribution >= 4 is 41.9 Å². The number of benzene rings is 2. The molecule has 3 rings (SSSR count). The summed E-state index contributed by atoms with van der Waals surface area (Å²) < 4.78 is 4.67. The standard InChI is InChI=1S/C12H9NS2/c1-3-7-11-9(5-1)10-6-2-4-8-12(10)14-15-13-11/h1-8,13H. The van der Waals surface area contributed by atoms with E-state index in [-0.39, 0.29) is 0 Å². The molecule has 0 bridgehead atoms. The molecule has 1 N–H and O–H groups in total. The lowest BCUT2D eigenvalue weighted by atomic mass is 10.1. The van der Waals surface area contributed by atoms with Gasteiger partial charge in [0.05, 0.1) is 5.52 Å². The number of hydrogen-bond acceptors (Lipinski definition) is 2. The van der Waals surface area contributed by atoms with Crippen LogP contribution in [0.2, 0.25) is 0 Å². The van der Waals surface area contributed by atoms with Crippen molar-refractivity contribution in [3.63, 3.8) is 0 Å². The number of fused-ring (bicyclic) bond motifs is 3. The molecule has 0 saturated heterocycles. The Morgan fingerprint density at radius 2 is 1.53 bits per heavy atom. The fourth-order valence-electron chi connectivity index (χ4n) is 1.68. The normalized spacial score (nSPS) is 10.7. The van der Waals surface area contributed by atoms with E-state index in [0.29, 0.717) is 0 Å². The molecule has 0 amide bonds. The molecular formula is C12H9NS2. The summed E-state index contributed by atoms with van der Waals surface area (Å²) in [4.78, 5) is 0. The Labute approximate surface area is 94.8 Å². The Bertz CT molecular complexity index is 588. The van der Waals surface area contributed by atoms with Gasteiger partial charge in [-0.15, -0.1) is 0 Å². The zero-order valence-electron chi connectivity index (χ0n) is 7.94. The number of aromatic nitrogens is 1. The van der Waals surface area contributed by atoms with Gasteiger partial charge in [0.1, 0.15) is 0 Å². The average Bonchev–Trinajstić information content (AvgIpc) is 2.48. The predicted molar refractivity (Wildman–Crippen MR) is 69.2 cm³/mol. The van der Waals surface area contributed by atoms with Crippen molar-refractivity contribution in [1.82, 2.24) is 4.37 Å². The van der Waals surface area contributed by atoms with E-state index >= 15 is 0 Å². The average molecular weight is 231 g/mol. The van der Waals surface area contributed by atoms with Crippen molar-refractivity contribution in [2.45, 2.75) is 0 Å². The van der Waals surface area contributed by atoms with Crippen LogP contribution in [-0.4, -0.2) is 4.37 Å². The van der Waals surface area contributed by atoms with Crippen LogP contribution in [0.5, 0.6) is 0 Å². The molecule has 3 heteroatoms. The highest BCUT2D eigenvalue weighted by molar-refractivity contribution is 7.69. The first-order valence-corrected chi connectivity index (χ1v) is 6.88. The van der Waals surface area contributed by atoms with Crippen LogP contribution in [0, 0.1) is 0 Å². The van der Waals surface area contributed by atoms with Gasteiger partial charge in [0, 0.05) is 15.5 Å². The number of para-hydroxylation sites is 1. The fourth-order valence-corrected chi connectivity index (χ4v) is 3.58. The maximum atomic E-state index is 3.35. The maximum absolute atomic E-state index is 3.35. The van der Waals surface area contributed by atoms with E-state index in [2.05, 4.69) is 52.9 Å². The number of nitrogens with one attached hydrogen (secondary N) is 1. The highest BCUT2D eigenvalue weighted by Gasteiger charge is 1.97. The molecule has 15 heavy (non-hydrogen) atoms. The second-order valence-electron chi connectivity index (χ2n) is 3.31. The molecule has 1 heterocycles. The molecule has 0 saturated carbocycles. The lowest BCUT2D eigenvalue weighted by Crippen LogP contribution is -1.71. The Balaban J connectivity index is 2.65. The van der Waals surface area contributed by atoms with Crippen LogP contribution in [0.1, 0.15) is 0 Å². The van der Waals surface area contributed by atoms with Crippen LogP contribution in [0.3, 0.4) is 0 Å². The first kappa shape index (κ1) is 8.95. The van der Waals surface area contributed by atoms with E-state index in [9.17, 15) is 0 Å². The molecule has 0 unspecified atom stereocenters. The van der Waals surface area contributed by atoms with Gasteiger partial charge in [0.2, 0.25) is 0 Å². The maximum Gasteiger partial charge on any atom is 0.0563 e. The third-order valence-corrected chi connectivity index (χ3v) is 4.35. The molecular weight excluding hydrogens is 222 g/mol. The van der Waals surface area contributed by atoms with Crippen LogP contribution in [0.4, 0.5) is 0 Å². The third kappa shape index (κ3) is 1.54. The first-order chi connectivity index (χ1) is 7.45. The van der Waals surface area contributed by atoms with E-state index in [1.54, 1.807) is 20.9 Å². The first-order valence-electron chi connectivity index (χ1n) is 4.73. The fraction of sp³-hybridized carbons (Fsp3) is 0. The Kier molecular flexibility index (Phi) is 2.19. The molecule has 1 nitrogen and oxygen atoms in total. The third-order valence-electron chi connectivity index (χ3n) is 2.39. The van der Waals surface area contributed by atoms with Crippen LogP contribution in [0.15, 0.2) is 48.5 Å². The minimum absolute atomic E-state index is 1.19. The van der Waals surface area contributed by atoms with Gasteiger partial charge >= 0.3 is 0 Å². The van der Waals surface area contributed by atoms with Gasteiger partial charge < -0.3 is 4.37 Å². The Hall–Kier alpha value is -1.32. The van der Waals surface area contributed by atoms with Crippen molar-refractivity contribution < 1.29 is 0 Å². The van der Waals surface area contributed by atoms with Crippen LogP contribution < -0.4 is 0 Å². The van der Waals surface area contributed by atoms with E-state index in [1.807, 2.05) is 0 Å². The number of H-pyrrole nitrogens is 1. The summed E-state index contributed by atoms with van der Waals surface area (Å²) in [6, 6.07) is 16.9. The minimum Gasteiger partial charge on any atom is -0.302 e. The molecule has 0 spiro atoms. The largest absolute Gasteiger partial charge is 0.302 e. The summed E-state index contributed by atoms with van der Waals surface area (Å²) in [6.07, 6.45) is 0. The summed E-state index contributed by atoms with van der Waals surface area (Å²) in [6.45, 7) is 0. The summed E-state index contributed by atoms with van der Waals surface area (Å²) in [5.74, 6) is 0. The summed E-state index contributed by atoms with van der Waals surface area (Å²) >= 11 is 0. The second-order valence-corrected chi connectivity index (χ2v) is 5.29. The van der Waals surface area contributed by atoms with Crippen molar-refractivity contribution in [3.05, 3.63) is 48.5 Å². The van der Waals surface area contributed by atoms with Crippen molar-refractivity contribution in [3.8, 4) is 0 Å². The minimum atomic E-state index is 1.19. The van der Waals surface area contributed by atoms with Crippen molar-refractivity contribution in [1.29, 1.82) is 0 Å². The topological polar surface area (TPSA) is 15.8 Å². The van der Waals surface area contributed by atoms with E-state index in [0.717, 1.165) is 0 Å². The molecule has 0 fully saturated rings. The summed E-state index contributed by atoms with van der Waals surface area (Å²) in [5, 5.41) is 2.60. The molecule has 2 aromatic carbocycles. The van der Waals surface area contributed by atoms with Crippen LogP contribution in [-0.2, 0) is 0 Å². The molecule has 0 radical (unpaired) electrons. The number of aromatic amines is 1. The van der Waals surface area contributed by atoms with Gasteiger partial charge in [-0.05, 0) is 22.7 Å².